The maximum atomic E-state index is 5.91. The molecule has 98 valence electrons. The van der Waals surface area contributed by atoms with Crippen molar-refractivity contribution in [1.29, 1.82) is 0 Å². The third kappa shape index (κ3) is 2.74. The number of nitrogen functional groups attached to an aromatic ring is 1. The van der Waals surface area contributed by atoms with Gasteiger partial charge in [-0.1, -0.05) is 30.3 Å². The van der Waals surface area contributed by atoms with Crippen molar-refractivity contribution in [3.63, 3.8) is 0 Å². The van der Waals surface area contributed by atoms with Crippen molar-refractivity contribution >= 4 is 5.82 Å². The van der Waals surface area contributed by atoms with E-state index in [1.165, 1.54) is 0 Å². The average molecular weight is 255 g/mol. The van der Waals surface area contributed by atoms with E-state index in [1.807, 2.05) is 36.4 Å². The molecule has 1 aromatic carbocycles. The highest BCUT2D eigenvalue weighted by Crippen LogP contribution is 2.26. The molecule has 1 aromatic heterocycles. The molecule has 3 rings (SSSR count). The van der Waals surface area contributed by atoms with Crippen LogP contribution in [0.15, 0.2) is 36.4 Å². The monoisotopic (exact) mass is 255 g/mol. The molecule has 4 heteroatoms. The van der Waals surface area contributed by atoms with Crippen molar-refractivity contribution < 1.29 is 4.74 Å². The van der Waals surface area contributed by atoms with Crippen molar-refractivity contribution in [1.82, 2.24) is 9.97 Å². The Kier molecular flexibility index (Phi) is 3.42. The number of hydrogen-bond acceptors (Lipinski definition) is 4. The topological polar surface area (TPSA) is 61.0 Å². The second-order valence-corrected chi connectivity index (χ2v) is 4.82. The summed E-state index contributed by atoms with van der Waals surface area (Å²) in [6.07, 6.45) is 2.13. The van der Waals surface area contributed by atoms with Gasteiger partial charge in [-0.25, -0.2) is 9.97 Å². The zero-order valence-corrected chi connectivity index (χ0v) is 10.7. The lowest BCUT2D eigenvalue weighted by Gasteiger charge is -2.21. The summed E-state index contributed by atoms with van der Waals surface area (Å²) in [5.74, 6) is 1.59. The van der Waals surface area contributed by atoms with Crippen LogP contribution in [0.2, 0.25) is 0 Å². The van der Waals surface area contributed by atoms with E-state index in [4.69, 9.17) is 10.5 Å². The molecule has 0 bridgehead atoms. The van der Waals surface area contributed by atoms with Gasteiger partial charge in [-0.15, -0.1) is 0 Å². The lowest BCUT2D eigenvalue weighted by molar-refractivity contribution is 0.0781. The molecule has 1 fully saturated rings. The second-order valence-electron chi connectivity index (χ2n) is 4.82. The normalized spacial score (nSPS) is 19.3. The number of nitrogens with zero attached hydrogens (tertiary/aromatic N) is 2. The van der Waals surface area contributed by atoms with Gasteiger partial charge in [0, 0.05) is 24.2 Å². The Balaban J connectivity index is 1.96. The molecule has 1 unspecified atom stereocenters. The van der Waals surface area contributed by atoms with Gasteiger partial charge in [0.1, 0.15) is 11.6 Å². The van der Waals surface area contributed by atoms with Crippen molar-refractivity contribution in [2.45, 2.75) is 18.8 Å². The standard InChI is InChI=1S/C15H17N3O/c16-14-9-13(11-5-2-1-3-6-11)17-15(18-14)12-7-4-8-19-10-12/h1-3,5-6,9,12H,4,7-8,10H2,(H2,16,17,18). The van der Waals surface area contributed by atoms with E-state index in [0.29, 0.717) is 12.4 Å². The van der Waals surface area contributed by atoms with Crippen LogP contribution in [0.1, 0.15) is 24.6 Å². The lowest BCUT2D eigenvalue weighted by atomic mass is 10.0. The molecule has 0 spiro atoms. The average Bonchev–Trinajstić information content (AvgIpc) is 2.48. The van der Waals surface area contributed by atoms with Crippen LogP contribution < -0.4 is 5.73 Å². The first-order valence-corrected chi connectivity index (χ1v) is 6.60. The molecule has 0 radical (unpaired) electrons. The highest BCUT2D eigenvalue weighted by molar-refractivity contribution is 5.61. The van der Waals surface area contributed by atoms with Crippen LogP contribution in [0.3, 0.4) is 0 Å². The molecule has 19 heavy (non-hydrogen) atoms. The number of hydrogen-bond donors (Lipinski definition) is 1. The zero-order valence-electron chi connectivity index (χ0n) is 10.7. The summed E-state index contributed by atoms with van der Waals surface area (Å²) in [6, 6.07) is 11.9. The van der Waals surface area contributed by atoms with Crippen molar-refractivity contribution in [2.75, 3.05) is 18.9 Å². The Hall–Kier alpha value is -1.94. The molecular formula is C15H17N3O. The molecule has 0 amide bonds. The number of aromatic nitrogens is 2. The van der Waals surface area contributed by atoms with Gasteiger partial charge in [0.2, 0.25) is 0 Å². The van der Waals surface area contributed by atoms with Gasteiger partial charge >= 0.3 is 0 Å². The maximum Gasteiger partial charge on any atom is 0.136 e. The summed E-state index contributed by atoms with van der Waals surface area (Å²) in [5, 5.41) is 0. The van der Waals surface area contributed by atoms with Crippen LogP contribution in [0.4, 0.5) is 5.82 Å². The van der Waals surface area contributed by atoms with Crippen LogP contribution in [-0.4, -0.2) is 23.2 Å². The van der Waals surface area contributed by atoms with E-state index in [2.05, 4.69) is 9.97 Å². The number of anilines is 1. The van der Waals surface area contributed by atoms with Crippen molar-refractivity contribution in [3.8, 4) is 11.3 Å². The molecule has 1 saturated heterocycles. The van der Waals surface area contributed by atoms with Crippen LogP contribution >= 0.6 is 0 Å². The molecule has 2 heterocycles. The van der Waals surface area contributed by atoms with Gasteiger partial charge in [-0.3, -0.25) is 0 Å². The Labute approximate surface area is 112 Å². The first kappa shape index (κ1) is 12.1. The van der Waals surface area contributed by atoms with Gasteiger partial charge in [0.25, 0.3) is 0 Å². The molecule has 2 aromatic rings. The Morgan fingerprint density at radius 3 is 2.74 bits per heavy atom. The lowest BCUT2D eigenvalue weighted by Crippen LogP contribution is -2.18. The minimum Gasteiger partial charge on any atom is -0.384 e. The van der Waals surface area contributed by atoms with Crippen LogP contribution in [-0.2, 0) is 4.74 Å². The fourth-order valence-corrected chi connectivity index (χ4v) is 2.37. The fourth-order valence-electron chi connectivity index (χ4n) is 2.37. The number of nitrogens with two attached hydrogens (primary N) is 1. The maximum absolute atomic E-state index is 5.91. The Morgan fingerprint density at radius 1 is 1.16 bits per heavy atom. The SMILES string of the molecule is Nc1cc(-c2ccccc2)nc(C2CCCOC2)n1. The van der Waals surface area contributed by atoms with Gasteiger partial charge < -0.3 is 10.5 Å². The van der Waals surface area contributed by atoms with E-state index in [-0.39, 0.29) is 5.92 Å². The van der Waals surface area contributed by atoms with E-state index in [9.17, 15) is 0 Å². The molecule has 2 N–H and O–H groups in total. The van der Waals surface area contributed by atoms with Gasteiger partial charge in [-0.2, -0.15) is 0 Å². The molecule has 1 atom stereocenters. The molecular weight excluding hydrogens is 238 g/mol. The Morgan fingerprint density at radius 2 is 2.00 bits per heavy atom. The predicted octanol–water partition coefficient (Wildman–Crippen LogP) is 2.62. The first-order valence-electron chi connectivity index (χ1n) is 6.60. The third-order valence-corrected chi connectivity index (χ3v) is 3.36. The van der Waals surface area contributed by atoms with Gasteiger partial charge in [0.05, 0.1) is 12.3 Å². The summed E-state index contributed by atoms with van der Waals surface area (Å²) in [4.78, 5) is 9.03. The fraction of sp³-hybridized carbons (Fsp3) is 0.333. The number of rotatable bonds is 2. The van der Waals surface area contributed by atoms with Gasteiger partial charge in [-0.05, 0) is 12.8 Å². The first-order chi connectivity index (χ1) is 9.33. The van der Waals surface area contributed by atoms with Crippen LogP contribution in [0, 0.1) is 0 Å². The summed E-state index contributed by atoms with van der Waals surface area (Å²) in [7, 11) is 0. The summed E-state index contributed by atoms with van der Waals surface area (Å²) in [6.45, 7) is 1.53. The summed E-state index contributed by atoms with van der Waals surface area (Å²) in [5.41, 5.74) is 7.86. The van der Waals surface area contributed by atoms with Crippen molar-refractivity contribution in [3.05, 3.63) is 42.2 Å². The smallest absolute Gasteiger partial charge is 0.136 e. The zero-order chi connectivity index (χ0) is 13.1. The Bertz CT molecular complexity index is 551. The number of benzene rings is 1. The molecule has 0 saturated carbocycles. The minimum atomic E-state index is 0.264. The highest BCUT2D eigenvalue weighted by Gasteiger charge is 2.19. The summed E-state index contributed by atoms with van der Waals surface area (Å²) >= 11 is 0. The second kappa shape index (κ2) is 5.36. The van der Waals surface area contributed by atoms with Crippen LogP contribution in [0.5, 0.6) is 0 Å². The van der Waals surface area contributed by atoms with E-state index >= 15 is 0 Å². The van der Waals surface area contributed by atoms with Crippen molar-refractivity contribution in [2.24, 2.45) is 0 Å². The van der Waals surface area contributed by atoms with E-state index in [1.54, 1.807) is 0 Å². The third-order valence-electron chi connectivity index (χ3n) is 3.36. The quantitative estimate of drug-likeness (QED) is 0.896. The number of ether oxygens (including phenoxy) is 1. The van der Waals surface area contributed by atoms with Crippen LogP contribution in [0.25, 0.3) is 11.3 Å². The molecule has 4 nitrogen and oxygen atoms in total. The largest absolute Gasteiger partial charge is 0.384 e. The minimum absolute atomic E-state index is 0.264. The van der Waals surface area contributed by atoms with E-state index in [0.717, 1.165) is 36.5 Å². The predicted molar refractivity (Wildman–Crippen MR) is 74.7 cm³/mol. The van der Waals surface area contributed by atoms with E-state index < -0.39 is 0 Å². The van der Waals surface area contributed by atoms with Gasteiger partial charge in [0.15, 0.2) is 0 Å². The summed E-state index contributed by atoms with van der Waals surface area (Å²) < 4.78 is 5.50. The molecule has 1 aliphatic heterocycles. The molecule has 0 aliphatic carbocycles. The molecule has 1 aliphatic rings. The highest BCUT2D eigenvalue weighted by atomic mass is 16.5.